The SMILES string of the molecule is CC1=CCCN(C(=O)NCc2cc(C(=O)O)ccn2)C1. The molecule has 2 N–H and O–H groups in total. The van der Waals surface area contributed by atoms with Gasteiger partial charge in [-0.25, -0.2) is 9.59 Å². The summed E-state index contributed by atoms with van der Waals surface area (Å²) in [5.74, 6) is -1.00. The van der Waals surface area contributed by atoms with Crippen molar-refractivity contribution < 1.29 is 14.7 Å². The Balaban J connectivity index is 1.92. The first-order valence-electron chi connectivity index (χ1n) is 6.43. The molecular formula is C14H17N3O3. The lowest BCUT2D eigenvalue weighted by molar-refractivity contribution is 0.0696. The first-order chi connectivity index (χ1) is 9.56. The number of nitrogens with one attached hydrogen (secondary N) is 1. The van der Waals surface area contributed by atoms with E-state index in [4.69, 9.17) is 5.11 Å². The molecule has 106 valence electrons. The van der Waals surface area contributed by atoms with Crippen LogP contribution in [0.3, 0.4) is 0 Å². The van der Waals surface area contributed by atoms with Gasteiger partial charge in [-0.2, -0.15) is 0 Å². The standard InChI is InChI=1S/C14H17N3O3/c1-10-3-2-6-17(9-10)14(20)16-8-12-7-11(13(18)19)4-5-15-12/h3-5,7H,2,6,8-9H2,1H3,(H,16,20)(H,18,19). The number of aromatic nitrogens is 1. The molecule has 1 aliphatic rings. The first kappa shape index (κ1) is 14.0. The van der Waals surface area contributed by atoms with Gasteiger partial charge in [-0.1, -0.05) is 11.6 Å². The van der Waals surface area contributed by atoms with Crippen molar-refractivity contribution in [2.24, 2.45) is 0 Å². The molecule has 0 saturated carbocycles. The third-order valence-electron chi connectivity index (χ3n) is 3.10. The molecule has 0 bridgehead atoms. The van der Waals surface area contributed by atoms with Gasteiger partial charge in [0.2, 0.25) is 0 Å². The second kappa shape index (κ2) is 6.18. The molecule has 1 aliphatic heterocycles. The van der Waals surface area contributed by atoms with Crippen LogP contribution in [-0.4, -0.2) is 40.1 Å². The fourth-order valence-electron chi connectivity index (χ4n) is 2.07. The fourth-order valence-corrected chi connectivity index (χ4v) is 2.07. The Morgan fingerprint density at radius 1 is 1.50 bits per heavy atom. The Labute approximate surface area is 117 Å². The second-order valence-corrected chi connectivity index (χ2v) is 4.76. The van der Waals surface area contributed by atoms with Crippen LogP contribution in [0.15, 0.2) is 30.0 Å². The summed E-state index contributed by atoms with van der Waals surface area (Å²) in [5.41, 5.74) is 1.88. The molecule has 0 spiro atoms. The van der Waals surface area contributed by atoms with Gasteiger partial charge in [0, 0.05) is 19.3 Å². The zero-order valence-corrected chi connectivity index (χ0v) is 11.3. The molecule has 0 aliphatic carbocycles. The lowest BCUT2D eigenvalue weighted by Crippen LogP contribution is -2.42. The van der Waals surface area contributed by atoms with Gasteiger partial charge in [0.1, 0.15) is 0 Å². The molecule has 6 nitrogen and oxygen atoms in total. The number of rotatable bonds is 3. The third-order valence-corrected chi connectivity index (χ3v) is 3.10. The zero-order valence-electron chi connectivity index (χ0n) is 11.3. The molecule has 1 aromatic rings. The Kier molecular flexibility index (Phi) is 4.34. The molecule has 0 fully saturated rings. The van der Waals surface area contributed by atoms with E-state index >= 15 is 0 Å². The van der Waals surface area contributed by atoms with E-state index < -0.39 is 5.97 Å². The number of aromatic carboxylic acids is 1. The predicted octanol–water partition coefficient (Wildman–Crippen LogP) is 1.64. The van der Waals surface area contributed by atoms with Crippen LogP contribution in [0, 0.1) is 0 Å². The monoisotopic (exact) mass is 275 g/mol. The van der Waals surface area contributed by atoms with E-state index in [0.29, 0.717) is 18.8 Å². The van der Waals surface area contributed by atoms with Crippen LogP contribution in [0.5, 0.6) is 0 Å². The van der Waals surface area contributed by atoms with Crippen LogP contribution in [-0.2, 0) is 6.54 Å². The molecule has 0 radical (unpaired) electrons. The number of carbonyl (C=O) groups excluding carboxylic acids is 1. The highest BCUT2D eigenvalue weighted by Gasteiger charge is 2.16. The maximum atomic E-state index is 12.0. The smallest absolute Gasteiger partial charge is 0.335 e. The van der Waals surface area contributed by atoms with E-state index in [2.05, 4.69) is 16.4 Å². The number of carboxylic acid groups (broad SMARTS) is 1. The van der Waals surface area contributed by atoms with Crippen LogP contribution in [0.2, 0.25) is 0 Å². The van der Waals surface area contributed by atoms with Crippen molar-refractivity contribution >= 4 is 12.0 Å². The van der Waals surface area contributed by atoms with Gasteiger partial charge < -0.3 is 15.3 Å². The Morgan fingerprint density at radius 3 is 3.00 bits per heavy atom. The van der Waals surface area contributed by atoms with Crippen molar-refractivity contribution in [3.8, 4) is 0 Å². The third kappa shape index (κ3) is 3.57. The lowest BCUT2D eigenvalue weighted by atomic mass is 10.1. The predicted molar refractivity (Wildman–Crippen MR) is 73.4 cm³/mol. The van der Waals surface area contributed by atoms with E-state index in [1.54, 1.807) is 4.90 Å². The van der Waals surface area contributed by atoms with Crippen molar-refractivity contribution in [2.45, 2.75) is 19.9 Å². The molecule has 20 heavy (non-hydrogen) atoms. The Hall–Kier alpha value is -2.37. The highest BCUT2D eigenvalue weighted by Crippen LogP contribution is 2.09. The number of hydrogen-bond acceptors (Lipinski definition) is 3. The minimum Gasteiger partial charge on any atom is -0.478 e. The minimum absolute atomic E-state index is 0.153. The van der Waals surface area contributed by atoms with Crippen molar-refractivity contribution in [3.05, 3.63) is 41.2 Å². The lowest BCUT2D eigenvalue weighted by Gasteiger charge is -2.26. The van der Waals surface area contributed by atoms with E-state index in [1.165, 1.54) is 23.9 Å². The van der Waals surface area contributed by atoms with Gasteiger partial charge in [0.05, 0.1) is 17.8 Å². The van der Waals surface area contributed by atoms with Gasteiger partial charge in [0.15, 0.2) is 0 Å². The van der Waals surface area contributed by atoms with Crippen molar-refractivity contribution in [1.29, 1.82) is 0 Å². The summed E-state index contributed by atoms with van der Waals surface area (Å²) < 4.78 is 0. The van der Waals surface area contributed by atoms with Crippen molar-refractivity contribution in [1.82, 2.24) is 15.2 Å². The maximum absolute atomic E-state index is 12.0. The molecular weight excluding hydrogens is 258 g/mol. The van der Waals surface area contributed by atoms with Gasteiger partial charge in [-0.3, -0.25) is 4.98 Å². The molecule has 0 aromatic carbocycles. The normalized spacial score (nSPS) is 14.7. The molecule has 2 rings (SSSR count). The highest BCUT2D eigenvalue weighted by atomic mass is 16.4. The molecule has 1 aromatic heterocycles. The summed E-state index contributed by atoms with van der Waals surface area (Å²) in [6.45, 7) is 3.55. The van der Waals surface area contributed by atoms with E-state index in [9.17, 15) is 9.59 Å². The van der Waals surface area contributed by atoms with Crippen LogP contribution < -0.4 is 5.32 Å². The van der Waals surface area contributed by atoms with Crippen LogP contribution in [0.1, 0.15) is 29.4 Å². The number of urea groups is 1. The molecule has 6 heteroatoms. The second-order valence-electron chi connectivity index (χ2n) is 4.76. The fraction of sp³-hybridized carbons (Fsp3) is 0.357. The summed E-state index contributed by atoms with van der Waals surface area (Å²) in [5, 5.41) is 11.6. The molecule has 0 unspecified atom stereocenters. The molecule has 0 atom stereocenters. The van der Waals surface area contributed by atoms with Crippen LogP contribution in [0.25, 0.3) is 0 Å². The zero-order chi connectivity index (χ0) is 14.5. The number of pyridine rings is 1. The van der Waals surface area contributed by atoms with Crippen molar-refractivity contribution in [3.63, 3.8) is 0 Å². The summed E-state index contributed by atoms with van der Waals surface area (Å²) in [4.78, 5) is 28.6. The molecule has 2 amide bonds. The summed E-state index contributed by atoms with van der Waals surface area (Å²) >= 11 is 0. The summed E-state index contributed by atoms with van der Waals surface area (Å²) in [6.07, 6.45) is 4.42. The number of nitrogens with zero attached hydrogens (tertiary/aromatic N) is 2. The molecule has 2 heterocycles. The highest BCUT2D eigenvalue weighted by molar-refractivity contribution is 5.87. The van der Waals surface area contributed by atoms with Gasteiger partial charge in [-0.15, -0.1) is 0 Å². The summed E-state index contributed by atoms with van der Waals surface area (Å²) in [7, 11) is 0. The van der Waals surface area contributed by atoms with Gasteiger partial charge in [0.25, 0.3) is 0 Å². The largest absolute Gasteiger partial charge is 0.478 e. The average molecular weight is 275 g/mol. The first-order valence-corrected chi connectivity index (χ1v) is 6.43. The number of hydrogen-bond donors (Lipinski definition) is 2. The number of carbonyl (C=O) groups is 2. The average Bonchev–Trinajstić information content (AvgIpc) is 2.45. The van der Waals surface area contributed by atoms with E-state index in [1.807, 2.05) is 6.92 Å². The molecule has 0 saturated heterocycles. The Morgan fingerprint density at radius 2 is 2.30 bits per heavy atom. The van der Waals surface area contributed by atoms with Gasteiger partial charge in [-0.05, 0) is 25.5 Å². The topological polar surface area (TPSA) is 82.5 Å². The maximum Gasteiger partial charge on any atom is 0.335 e. The van der Waals surface area contributed by atoms with Crippen LogP contribution in [0.4, 0.5) is 4.79 Å². The van der Waals surface area contributed by atoms with E-state index in [0.717, 1.165) is 6.42 Å². The van der Waals surface area contributed by atoms with Crippen molar-refractivity contribution in [2.75, 3.05) is 13.1 Å². The summed E-state index contributed by atoms with van der Waals surface area (Å²) in [6, 6.07) is 2.73. The minimum atomic E-state index is -1.00. The quantitative estimate of drug-likeness (QED) is 0.821. The van der Waals surface area contributed by atoms with E-state index in [-0.39, 0.29) is 18.1 Å². The number of amides is 2. The van der Waals surface area contributed by atoms with Crippen LogP contribution >= 0.6 is 0 Å². The number of carboxylic acids is 1. The van der Waals surface area contributed by atoms with Gasteiger partial charge >= 0.3 is 12.0 Å². The Bertz CT molecular complexity index is 554.